The van der Waals surface area contributed by atoms with Crippen molar-refractivity contribution in [3.05, 3.63) is 70.0 Å². The molecule has 4 N–H and O–H groups in total. The third-order valence-electron chi connectivity index (χ3n) is 4.72. The highest BCUT2D eigenvalue weighted by Crippen LogP contribution is 2.46. The fourth-order valence-corrected chi connectivity index (χ4v) is 3.13. The minimum Gasteiger partial charge on any atom is -0.454 e. The van der Waals surface area contributed by atoms with Crippen molar-refractivity contribution in [3.63, 3.8) is 0 Å². The summed E-state index contributed by atoms with van der Waals surface area (Å²) >= 11 is 0. The summed E-state index contributed by atoms with van der Waals surface area (Å²) in [5, 5.41) is 0. The molecular formula is C21H8F14N2O2. The Morgan fingerprint density at radius 3 is 1.23 bits per heavy atom. The molecule has 0 saturated heterocycles. The molecule has 0 heterocycles. The Bertz CT molecular complexity index is 1450. The van der Waals surface area contributed by atoms with Crippen LogP contribution in [0.2, 0.25) is 0 Å². The summed E-state index contributed by atoms with van der Waals surface area (Å²) in [7, 11) is 0. The van der Waals surface area contributed by atoms with E-state index in [4.69, 9.17) is 11.5 Å². The molecule has 0 aliphatic carbocycles. The van der Waals surface area contributed by atoms with Gasteiger partial charge in [-0.2, -0.15) is 39.5 Å². The Morgan fingerprint density at radius 2 is 0.846 bits per heavy atom. The second-order valence-electron chi connectivity index (χ2n) is 7.41. The third-order valence-corrected chi connectivity index (χ3v) is 4.72. The molecular weight excluding hydrogens is 578 g/mol. The Hall–Kier alpha value is -4.12. The minimum atomic E-state index is -5.78. The highest BCUT2D eigenvalue weighted by atomic mass is 19.4. The van der Waals surface area contributed by atoms with Gasteiger partial charge in [0.2, 0.25) is 0 Å². The summed E-state index contributed by atoms with van der Waals surface area (Å²) in [4.78, 5) is 0. The van der Waals surface area contributed by atoms with Crippen LogP contribution in [0.25, 0.3) is 0 Å². The molecule has 3 rings (SSSR count). The standard InChI is InChI=1S/C21H8F14N2O2/c22-6-1-5(38-10-3-7(36)15(23)13(17(10)25)20(30,31)32)2-9(12(6)19(27,28)29)39-11-4-8(37)16(24)14(18(11)26)21(33,34)35/h1-4H,36-37H2. The van der Waals surface area contributed by atoms with Crippen LogP contribution in [0.15, 0.2) is 24.3 Å². The fraction of sp³-hybridized carbons (Fsp3) is 0.143. The first-order valence-electron chi connectivity index (χ1n) is 9.60. The number of alkyl halides is 9. The SMILES string of the molecule is Nc1cc(Oc2cc(F)c(C(F)(F)F)c(Oc3cc(N)c(F)c(C(F)(F)F)c3F)c2)c(F)c(C(F)(F)F)c1F. The van der Waals surface area contributed by atoms with Crippen LogP contribution in [-0.2, 0) is 18.5 Å². The summed E-state index contributed by atoms with van der Waals surface area (Å²) in [5.41, 5.74) is -0.439. The van der Waals surface area contributed by atoms with Gasteiger partial charge in [0.25, 0.3) is 0 Å². The predicted octanol–water partition coefficient (Wildman–Crippen LogP) is 8.19. The van der Waals surface area contributed by atoms with Crippen molar-refractivity contribution in [2.24, 2.45) is 0 Å². The average Bonchev–Trinajstić information content (AvgIpc) is 2.73. The largest absolute Gasteiger partial charge is 0.454 e. The number of halogens is 14. The molecule has 0 fully saturated rings. The van der Waals surface area contributed by atoms with E-state index in [1.807, 2.05) is 0 Å². The maximum Gasteiger partial charge on any atom is 0.422 e. The van der Waals surface area contributed by atoms with Gasteiger partial charge in [-0.05, 0) is 0 Å². The van der Waals surface area contributed by atoms with Gasteiger partial charge in [-0.15, -0.1) is 0 Å². The lowest BCUT2D eigenvalue weighted by molar-refractivity contribution is -0.143. The van der Waals surface area contributed by atoms with Crippen molar-refractivity contribution >= 4 is 11.4 Å². The number of anilines is 2. The zero-order valence-corrected chi connectivity index (χ0v) is 18.1. The smallest absolute Gasteiger partial charge is 0.422 e. The Labute approximate surface area is 206 Å². The molecule has 18 heteroatoms. The molecule has 0 spiro atoms. The summed E-state index contributed by atoms with van der Waals surface area (Å²) in [5.74, 6) is -18.6. The molecule has 0 radical (unpaired) electrons. The minimum absolute atomic E-state index is 0.0125. The van der Waals surface area contributed by atoms with Crippen LogP contribution in [0.5, 0.6) is 23.0 Å². The van der Waals surface area contributed by atoms with Crippen LogP contribution in [0, 0.1) is 29.1 Å². The topological polar surface area (TPSA) is 70.5 Å². The van der Waals surface area contributed by atoms with Gasteiger partial charge in [0.1, 0.15) is 34.0 Å². The molecule has 4 nitrogen and oxygen atoms in total. The second kappa shape index (κ2) is 9.57. The van der Waals surface area contributed by atoms with Crippen LogP contribution >= 0.6 is 0 Å². The van der Waals surface area contributed by atoms with E-state index in [-0.39, 0.29) is 24.3 Å². The summed E-state index contributed by atoms with van der Waals surface area (Å²) < 4.78 is 198. The van der Waals surface area contributed by atoms with E-state index >= 15 is 0 Å². The van der Waals surface area contributed by atoms with E-state index in [0.29, 0.717) is 0 Å². The normalized spacial score (nSPS) is 12.6. The van der Waals surface area contributed by atoms with E-state index < -0.39 is 98.7 Å². The molecule has 0 aromatic heterocycles. The van der Waals surface area contributed by atoms with Crippen LogP contribution in [0.1, 0.15) is 16.7 Å². The summed E-state index contributed by atoms with van der Waals surface area (Å²) in [6.07, 6.45) is -17.2. The highest BCUT2D eigenvalue weighted by Gasteiger charge is 2.43. The van der Waals surface area contributed by atoms with Gasteiger partial charge in [-0.1, -0.05) is 0 Å². The van der Waals surface area contributed by atoms with Crippen molar-refractivity contribution in [1.29, 1.82) is 0 Å². The molecule has 0 unspecified atom stereocenters. The highest BCUT2D eigenvalue weighted by molar-refractivity contribution is 5.55. The first-order chi connectivity index (χ1) is 17.6. The van der Waals surface area contributed by atoms with Gasteiger partial charge in [0, 0.05) is 24.3 Å². The van der Waals surface area contributed by atoms with Gasteiger partial charge in [0.15, 0.2) is 34.8 Å². The Balaban J connectivity index is 2.22. The van der Waals surface area contributed by atoms with Crippen molar-refractivity contribution in [1.82, 2.24) is 0 Å². The summed E-state index contributed by atoms with van der Waals surface area (Å²) in [6, 6.07) is -0.101. The average molecular weight is 586 g/mol. The first kappa shape index (κ1) is 29.4. The van der Waals surface area contributed by atoms with Gasteiger partial charge < -0.3 is 20.9 Å². The molecule has 0 amide bonds. The number of nitrogens with two attached hydrogens (primary N) is 2. The van der Waals surface area contributed by atoms with Crippen LogP contribution in [0.4, 0.5) is 72.8 Å². The zero-order valence-electron chi connectivity index (χ0n) is 18.1. The molecule has 3 aromatic carbocycles. The van der Waals surface area contributed by atoms with Crippen molar-refractivity contribution in [2.75, 3.05) is 11.5 Å². The number of benzene rings is 3. The quantitative estimate of drug-likeness (QED) is 0.239. The lowest BCUT2D eigenvalue weighted by Crippen LogP contribution is -2.15. The number of nitrogen functional groups attached to an aromatic ring is 2. The molecule has 212 valence electrons. The zero-order chi connectivity index (χ0) is 29.8. The molecule has 0 saturated carbocycles. The maximum atomic E-state index is 14.4. The number of rotatable bonds is 4. The molecule has 0 aliphatic heterocycles. The Kier molecular flexibility index (Phi) is 7.22. The Morgan fingerprint density at radius 1 is 0.462 bits per heavy atom. The van der Waals surface area contributed by atoms with Crippen LogP contribution < -0.4 is 20.9 Å². The number of ether oxygens (including phenoxy) is 2. The molecule has 3 aromatic rings. The van der Waals surface area contributed by atoms with Crippen molar-refractivity contribution < 1.29 is 70.9 Å². The van der Waals surface area contributed by atoms with Gasteiger partial charge in [-0.3, -0.25) is 0 Å². The van der Waals surface area contributed by atoms with Crippen molar-refractivity contribution in [3.8, 4) is 23.0 Å². The van der Waals surface area contributed by atoms with Crippen LogP contribution in [-0.4, -0.2) is 0 Å². The van der Waals surface area contributed by atoms with E-state index in [2.05, 4.69) is 9.47 Å². The van der Waals surface area contributed by atoms with E-state index in [9.17, 15) is 61.5 Å². The van der Waals surface area contributed by atoms with Crippen LogP contribution in [0.3, 0.4) is 0 Å². The van der Waals surface area contributed by atoms with Gasteiger partial charge in [0.05, 0.1) is 11.4 Å². The monoisotopic (exact) mass is 586 g/mol. The third kappa shape index (κ3) is 5.68. The number of hydrogen-bond donors (Lipinski definition) is 2. The van der Waals surface area contributed by atoms with E-state index in [1.165, 1.54) is 0 Å². The molecule has 0 aliphatic rings. The number of hydrogen-bond acceptors (Lipinski definition) is 4. The molecule has 0 bridgehead atoms. The molecule has 39 heavy (non-hydrogen) atoms. The summed E-state index contributed by atoms with van der Waals surface area (Å²) in [6.45, 7) is 0. The van der Waals surface area contributed by atoms with Crippen molar-refractivity contribution in [2.45, 2.75) is 18.5 Å². The van der Waals surface area contributed by atoms with Gasteiger partial charge in [-0.25, -0.2) is 22.0 Å². The molecule has 0 atom stereocenters. The van der Waals surface area contributed by atoms with E-state index in [0.717, 1.165) is 0 Å². The second-order valence-corrected chi connectivity index (χ2v) is 7.41. The predicted molar refractivity (Wildman–Crippen MR) is 103 cm³/mol. The van der Waals surface area contributed by atoms with Gasteiger partial charge >= 0.3 is 18.5 Å². The first-order valence-corrected chi connectivity index (χ1v) is 9.60. The van der Waals surface area contributed by atoms with E-state index in [1.54, 1.807) is 0 Å². The maximum absolute atomic E-state index is 14.4. The lowest BCUT2D eigenvalue weighted by atomic mass is 10.1. The fourth-order valence-electron chi connectivity index (χ4n) is 3.13. The lowest BCUT2D eigenvalue weighted by Gasteiger charge is -2.19.